The largest absolute Gasteiger partial charge is 0.444 e. The Morgan fingerprint density at radius 1 is 1.33 bits per heavy atom. The van der Waals surface area contributed by atoms with Crippen LogP contribution >= 0.6 is 0 Å². The van der Waals surface area contributed by atoms with Crippen molar-refractivity contribution in [1.29, 1.82) is 0 Å². The molecule has 1 heterocycles. The lowest BCUT2D eigenvalue weighted by Gasteiger charge is -2.28. The Morgan fingerprint density at radius 2 is 2.00 bits per heavy atom. The predicted octanol–water partition coefficient (Wildman–Crippen LogP) is 2.94. The summed E-state index contributed by atoms with van der Waals surface area (Å²) in [5, 5.41) is 2.94. The molecular formula is C16H30N2O3. The lowest BCUT2D eigenvalue weighted by Crippen LogP contribution is -2.47. The molecule has 0 aliphatic carbocycles. The predicted molar refractivity (Wildman–Crippen MR) is 83.0 cm³/mol. The second-order valence-corrected chi connectivity index (χ2v) is 7.16. The second-order valence-electron chi connectivity index (χ2n) is 7.16. The molecule has 0 aromatic carbocycles. The van der Waals surface area contributed by atoms with Crippen molar-refractivity contribution in [2.75, 3.05) is 13.1 Å². The molecule has 0 bridgehead atoms. The molecule has 1 saturated heterocycles. The summed E-state index contributed by atoms with van der Waals surface area (Å²) in [4.78, 5) is 25.9. The van der Waals surface area contributed by atoms with Gasteiger partial charge in [0.25, 0.3) is 0 Å². The van der Waals surface area contributed by atoms with Gasteiger partial charge in [0, 0.05) is 13.1 Å². The van der Waals surface area contributed by atoms with E-state index in [2.05, 4.69) is 19.2 Å². The number of likely N-dealkylation sites (tertiary alicyclic amines) is 1. The van der Waals surface area contributed by atoms with Crippen LogP contribution in [0.3, 0.4) is 0 Å². The van der Waals surface area contributed by atoms with Crippen molar-refractivity contribution < 1.29 is 14.3 Å². The summed E-state index contributed by atoms with van der Waals surface area (Å²) in [5.41, 5.74) is -0.530. The molecule has 0 spiro atoms. The number of nitrogens with one attached hydrogen (secondary N) is 1. The Balaban J connectivity index is 2.45. The minimum Gasteiger partial charge on any atom is -0.444 e. The second kappa shape index (κ2) is 7.66. The Bertz CT molecular complexity index is 361. The van der Waals surface area contributed by atoms with Crippen molar-refractivity contribution in [3.63, 3.8) is 0 Å². The maximum absolute atomic E-state index is 12.2. The molecule has 122 valence electrons. The zero-order valence-corrected chi connectivity index (χ0v) is 14.1. The van der Waals surface area contributed by atoms with E-state index in [1.807, 2.05) is 20.8 Å². The van der Waals surface area contributed by atoms with Gasteiger partial charge < -0.3 is 10.1 Å². The monoisotopic (exact) mass is 298 g/mol. The molecule has 1 unspecified atom stereocenters. The highest BCUT2D eigenvalue weighted by Crippen LogP contribution is 2.21. The molecule has 21 heavy (non-hydrogen) atoms. The van der Waals surface area contributed by atoms with E-state index < -0.39 is 5.60 Å². The van der Waals surface area contributed by atoms with Crippen molar-refractivity contribution in [2.24, 2.45) is 5.92 Å². The third-order valence-corrected chi connectivity index (χ3v) is 3.44. The quantitative estimate of drug-likeness (QED) is 0.794. The lowest BCUT2D eigenvalue weighted by molar-refractivity contribution is -0.125. The highest BCUT2D eigenvalue weighted by molar-refractivity contribution is 5.86. The third kappa shape index (κ3) is 6.36. The van der Waals surface area contributed by atoms with Crippen LogP contribution in [-0.4, -0.2) is 41.6 Å². The SMILES string of the molecule is CC(C)CCCNC(=O)C1CCCN1C(=O)OC(C)(C)C. The first-order valence-electron chi connectivity index (χ1n) is 7.98. The van der Waals surface area contributed by atoms with Gasteiger partial charge >= 0.3 is 6.09 Å². The first-order chi connectivity index (χ1) is 9.70. The van der Waals surface area contributed by atoms with Crippen molar-refractivity contribution in [1.82, 2.24) is 10.2 Å². The van der Waals surface area contributed by atoms with E-state index >= 15 is 0 Å². The normalized spacial score (nSPS) is 19.0. The summed E-state index contributed by atoms with van der Waals surface area (Å²) in [5.74, 6) is 0.591. The maximum atomic E-state index is 12.2. The number of carbonyl (C=O) groups is 2. The van der Waals surface area contributed by atoms with E-state index in [1.165, 1.54) is 0 Å². The summed E-state index contributed by atoms with van der Waals surface area (Å²) in [6.45, 7) is 11.1. The molecule has 1 rings (SSSR count). The van der Waals surface area contributed by atoms with Crippen LogP contribution in [0.4, 0.5) is 4.79 Å². The Kier molecular flexibility index (Phi) is 6.49. The van der Waals surface area contributed by atoms with Crippen LogP contribution in [0.5, 0.6) is 0 Å². The summed E-state index contributed by atoms with van der Waals surface area (Å²) in [6, 6.07) is -0.376. The van der Waals surface area contributed by atoms with Crippen LogP contribution < -0.4 is 5.32 Å². The van der Waals surface area contributed by atoms with Crippen LogP contribution in [0.2, 0.25) is 0 Å². The van der Waals surface area contributed by atoms with E-state index in [-0.39, 0.29) is 18.0 Å². The molecule has 1 N–H and O–H groups in total. The van der Waals surface area contributed by atoms with Gasteiger partial charge in [0.05, 0.1) is 0 Å². The molecule has 5 nitrogen and oxygen atoms in total. The molecule has 0 aromatic heterocycles. The Labute approximate surface area is 128 Å². The lowest BCUT2D eigenvalue weighted by atomic mass is 10.1. The number of ether oxygens (including phenoxy) is 1. The molecule has 0 radical (unpaired) electrons. The van der Waals surface area contributed by atoms with Crippen LogP contribution in [-0.2, 0) is 9.53 Å². The molecule has 0 aromatic rings. The van der Waals surface area contributed by atoms with E-state index in [0.29, 0.717) is 19.0 Å². The Morgan fingerprint density at radius 3 is 2.57 bits per heavy atom. The molecule has 1 fully saturated rings. The van der Waals surface area contributed by atoms with Gasteiger partial charge in [-0.2, -0.15) is 0 Å². The molecule has 2 amide bonds. The first kappa shape index (κ1) is 17.8. The highest BCUT2D eigenvalue weighted by atomic mass is 16.6. The zero-order valence-electron chi connectivity index (χ0n) is 14.1. The average Bonchev–Trinajstić information content (AvgIpc) is 2.81. The van der Waals surface area contributed by atoms with Crippen LogP contribution in [0, 0.1) is 5.92 Å². The standard InChI is InChI=1S/C16H30N2O3/c1-12(2)8-6-10-17-14(19)13-9-7-11-18(13)15(20)21-16(3,4)5/h12-13H,6-11H2,1-5H3,(H,17,19). The summed E-state index contributed by atoms with van der Waals surface area (Å²) in [6.07, 6.45) is 3.25. The maximum Gasteiger partial charge on any atom is 0.410 e. The van der Waals surface area contributed by atoms with Gasteiger partial charge in [-0.1, -0.05) is 13.8 Å². The van der Waals surface area contributed by atoms with Crippen LogP contribution in [0.15, 0.2) is 0 Å². The number of carbonyl (C=O) groups excluding carboxylic acids is 2. The average molecular weight is 298 g/mol. The Hall–Kier alpha value is -1.26. The van der Waals surface area contributed by atoms with Gasteiger partial charge in [-0.25, -0.2) is 4.79 Å². The van der Waals surface area contributed by atoms with Gasteiger partial charge in [0.1, 0.15) is 11.6 Å². The number of hydrogen-bond acceptors (Lipinski definition) is 3. The summed E-state index contributed by atoms with van der Waals surface area (Å²) < 4.78 is 5.37. The van der Waals surface area contributed by atoms with Crippen molar-refractivity contribution in [3.05, 3.63) is 0 Å². The van der Waals surface area contributed by atoms with Gasteiger partial charge in [0.2, 0.25) is 5.91 Å². The van der Waals surface area contributed by atoms with Crippen molar-refractivity contribution in [2.45, 2.75) is 71.9 Å². The van der Waals surface area contributed by atoms with Crippen LogP contribution in [0.1, 0.15) is 60.3 Å². The molecule has 1 atom stereocenters. The molecule has 1 aliphatic rings. The fourth-order valence-corrected chi connectivity index (χ4v) is 2.42. The number of amides is 2. The van der Waals surface area contributed by atoms with E-state index in [0.717, 1.165) is 25.7 Å². The molecular weight excluding hydrogens is 268 g/mol. The minimum atomic E-state index is -0.530. The van der Waals surface area contributed by atoms with E-state index in [4.69, 9.17) is 4.74 Å². The van der Waals surface area contributed by atoms with Crippen LogP contribution in [0.25, 0.3) is 0 Å². The molecule has 1 aliphatic heterocycles. The minimum absolute atomic E-state index is 0.0536. The van der Waals surface area contributed by atoms with Crippen molar-refractivity contribution in [3.8, 4) is 0 Å². The number of nitrogens with zero attached hydrogens (tertiary/aromatic N) is 1. The fraction of sp³-hybridized carbons (Fsp3) is 0.875. The fourth-order valence-electron chi connectivity index (χ4n) is 2.42. The smallest absolute Gasteiger partial charge is 0.410 e. The van der Waals surface area contributed by atoms with Gasteiger partial charge in [-0.3, -0.25) is 9.69 Å². The highest BCUT2D eigenvalue weighted by Gasteiger charge is 2.36. The van der Waals surface area contributed by atoms with E-state index in [9.17, 15) is 9.59 Å². The van der Waals surface area contributed by atoms with Gasteiger partial charge in [0.15, 0.2) is 0 Å². The van der Waals surface area contributed by atoms with Crippen molar-refractivity contribution >= 4 is 12.0 Å². The third-order valence-electron chi connectivity index (χ3n) is 3.44. The number of rotatable bonds is 5. The molecule has 5 heteroatoms. The van der Waals surface area contributed by atoms with Gasteiger partial charge in [-0.15, -0.1) is 0 Å². The summed E-state index contributed by atoms with van der Waals surface area (Å²) >= 11 is 0. The topological polar surface area (TPSA) is 58.6 Å². The zero-order chi connectivity index (χ0) is 16.0. The number of hydrogen-bond donors (Lipinski definition) is 1. The summed E-state index contributed by atoms with van der Waals surface area (Å²) in [7, 11) is 0. The molecule has 0 saturated carbocycles. The van der Waals surface area contributed by atoms with E-state index in [1.54, 1.807) is 4.90 Å². The van der Waals surface area contributed by atoms with Gasteiger partial charge in [-0.05, 0) is 52.4 Å². The first-order valence-corrected chi connectivity index (χ1v) is 7.98.